The van der Waals surface area contributed by atoms with Gasteiger partial charge < -0.3 is 10.1 Å². The Morgan fingerprint density at radius 1 is 1.36 bits per heavy atom. The van der Waals surface area contributed by atoms with Gasteiger partial charge in [0.15, 0.2) is 0 Å². The summed E-state index contributed by atoms with van der Waals surface area (Å²) in [6.45, 7) is 4.10. The van der Waals surface area contributed by atoms with Gasteiger partial charge in [-0.05, 0) is 44.2 Å². The Bertz CT molecular complexity index is 899. The Kier molecular flexibility index (Phi) is 7.50. The van der Waals surface area contributed by atoms with Crippen molar-refractivity contribution in [3.63, 3.8) is 0 Å². The fraction of sp³-hybridized carbons (Fsp3) is 0.333. The normalized spacial score (nSPS) is 10.8. The Morgan fingerprint density at radius 3 is 2.71 bits per heavy atom. The number of hydrogen-bond acceptors (Lipinski definition) is 7. The fourth-order valence-electron chi connectivity index (χ4n) is 2.51. The number of rotatable bonds is 8. The highest BCUT2D eigenvalue weighted by Crippen LogP contribution is 2.27. The molecule has 1 amide bonds. The molecule has 0 aliphatic rings. The first-order valence-electron chi connectivity index (χ1n) is 8.40. The van der Waals surface area contributed by atoms with Gasteiger partial charge in [-0.1, -0.05) is 11.6 Å². The van der Waals surface area contributed by atoms with Crippen LogP contribution in [0.4, 0.5) is 10.7 Å². The first kappa shape index (κ1) is 21.8. The minimum absolute atomic E-state index is 0.0463. The topological polar surface area (TPSA) is 102 Å². The maximum Gasteiger partial charge on any atom is 0.348 e. The van der Waals surface area contributed by atoms with Crippen molar-refractivity contribution in [1.82, 2.24) is 4.90 Å². The van der Waals surface area contributed by atoms with Crippen LogP contribution in [0.15, 0.2) is 24.3 Å². The molecule has 1 heterocycles. The van der Waals surface area contributed by atoms with Crippen LogP contribution in [0, 0.1) is 17.0 Å². The monoisotopic (exact) mass is 425 g/mol. The lowest BCUT2D eigenvalue weighted by Gasteiger charge is -2.16. The summed E-state index contributed by atoms with van der Waals surface area (Å²) >= 11 is 7.25. The van der Waals surface area contributed by atoms with Crippen molar-refractivity contribution in [1.29, 1.82) is 0 Å². The van der Waals surface area contributed by atoms with Gasteiger partial charge in [-0.3, -0.25) is 19.8 Å². The maximum absolute atomic E-state index is 12.3. The van der Waals surface area contributed by atoms with Crippen molar-refractivity contribution in [2.75, 3.05) is 25.5 Å². The van der Waals surface area contributed by atoms with Gasteiger partial charge in [0.05, 0.1) is 23.1 Å². The first-order valence-corrected chi connectivity index (χ1v) is 9.59. The molecule has 1 aromatic carbocycles. The third kappa shape index (κ3) is 5.75. The smallest absolute Gasteiger partial charge is 0.348 e. The van der Waals surface area contributed by atoms with Gasteiger partial charge in [-0.2, -0.15) is 0 Å². The number of nitro groups is 1. The van der Waals surface area contributed by atoms with E-state index in [-0.39, 0.29) is 31.3 Å². The quantitative estimate of drug-likeness (QED) is 0.391. The number of thiophene rings is 1. The van der Waals surface area contributed by atoms with Crippen molar-refractivity contribution in [3.05, 3.63) is 55.4 Å². The van der Waals surface area contributed by atoms with Crippen molar-refractivity contribution < 1.29 is 19.2 Å². The number of non-ortho nitro benzene ring substituents is 1. The molecule has 150 valence electrons. The van der Waals surface area contributed by atoms with Crippen LogP contribution < -0.4 is 5.32 Å². The lowest BCUT2D eigenvalue weighted by molar-refractivity contribution is -0.384. The Balaban J connectivity index is 1.98. The molecule has 0 unspecified atom stereocenters. The Morgan fingerprint density at radius 2 is 2.07 bits per heavy atom. The van der Waals surface area contributed by atoms with E-state index in [4.69, 9.17) is 16.3 Å². The molecule has 1 aromatic heterocycles. The van der Waals surface area contributed by atoms with E-state index < -0.39 is 10.9 Å². The molecule has 0 saturated heterocycles. The number of nitrogens with zero attached hydrogens (tertiary/aromatic N) is 2. The molecular formula is C18H20ClN3O5S. The first-order chi connectivity index (χ1) is 13.2. The van der Waals surface area contributed by atoms with Crippen LogP contribution >= 0.6 is 22.9 Å². The van der Waals surface area contributed by atoms with Crippen molar-refractivity contribution in [2.24, 2.45) is 0 Å². The van der Waals surface area contributed by atoms with Crippen molar-refractivity contribution in [2.45, 2.75) is 20.4 Å². The number of nitrogens with one attached hydrogen (secondary N) is 1. The number of esters is 1. The van der Waals surface area contributed by atoms with Gasteiger partial charge in [0.1, 0.15) is 4.88 Å². The van der Waals surface area contributed by atoms with Crippen LogP contribution in [0.5, 0.6) is 0 Å². The van der Waals surface area contributed by atoms with Crippen LogP contribution in [0.2, 0.25) is 5.02 Å². The van der Waals surface area contributed by atoms with Gasteiger partial charge in [0.25, 0.3) is 5.69 Å². The molecule has 1 N–H and O–H groups in total. The molecule has 0 fully saturated rings. The number of carbonyl (C=O) groups excluding carboxylic acids is 2. The Hall–Kier alpha value is -2.49. The third-order valence-electron chi connectivity index (χ3n) is 3.74. The predicted molar refractivity (Wildman–Crippen MR) is 108 cm³/mol. The van der Waals surface area contributed by atoms with Gasteiger partial charge in [-0.15, -0.1) is 11.3 Å². The highest BCUT2D eigenvalue weighted by atomic mass is 35.5. The molecule has 8 nitrogen and oxygen atoms in total. The third-order valence-corrected chi connectivity index (χ3v) is 5.24. The summed E-state index contributed by atoms with van der Waals surface area (Å²) in [4.78, 5) is 36.7. The van der Waals surface area contributed by atoms with Crippen LogP contribution in [0.1, 0.15) is 27.7 Å². The van der Waals surface area contributed by atoms with Crippen LogP contribution in [-0.2, 0) is 16.1 Å². The number of likely N-dealkylation sites (N-methyl/N-ethyl adjacent to an activating group) is 1. The number of ether oxygens (including phenoxy) is 1. The van der Waals surface area contributed by atoms with E-state index in [0.717, 1.165) is 16.9 Å². The van der Waals surface area contributed by atoms with E-state index in [2.05, 4.69) is 5.32 Å². The summed E-state index contributed by atoms with van der Waals surface area (Å²) in [5.74, 6) is -0.691. The summed E-state index contributed by atoms with van der Waals surface area (Å²) < 4.78 is 4.99. The fourth-order valence-corrected chi connectivity index (χ4v) is 3.67. The van der Waals surface area contributed by atoms with Crippen molar-refractivity contribution in [3.8, 4) is 0 Å². The molecule has 0 bridgehead atoms. The summed E-state index contributed by atoms with van der Waals surface area (Å²) in [6, 6.07) is 5.91. The molecule has 0 spiro atoms. The van der Waals surface area contributed by atoms with Crippen LogP contribution in [0.3, 0.4) is 0 Å². The van der Waals surface area contributed by atoms with E-state index in [1.54, 1.807) is 31.9 Å². The zero-order valence-electron chi connectivity index (χ0n) is 15.7. The van der Waals surface area contributed by atoms with Gasteiger partial charge in [0, 0.05) is 23.7 Å². The van der Waals surface area contributed by atoms with E-state index in [0.29, 0.717) is 20.5 Å². The summed E-state index contributed by atoms with van der Waals surface area (Å²) in [5, 5.41) is 14.6. The number of anilines is 1. The zero-order chi connectivity index (χ0) is 20.8. The molecular weight excluding hydrogens is 406 g/mol. The highest BCUT2D eigenvalue weighted by molar-refractivity contribution is 7.18. The molecule has 0 aliphatic heterocycles. The molecule has 0 saturated carbocycles. The number of halogens is 1. The zero-order valence-corrected chi connectivity index (χ0v) is 17.2. The molecule has 0 atom stereocenters. The van der Waals surface area contributed by atoms with E-state index >= 15 is 0 Å². The SMILES string of the molecule is CCOC(=O)c1sc(NC(=O)CN(C)Cc2cc([N+](=O)[O-])ccc2Cl)cc1C. The summed E-state index contributed by atoms with van der Waals surface area (Å²) in [6.07, 6.45) is 0. The molecule has 2 aromatic rings. The summed E-state index contributed by atoms with van der Waals surface area (Å²) in [5.41, 5.74) is 1.23. The van der Waals surface area contributed by atoms with Gasteiger partial charge in [0.2, 0.25) is 5.91 Å². The van der Waals surface area contributed by atoms with Gasteiger partial charge >= 0.3 is 5.97 Å². The molecule has 0 aliphatic carbocycles. The predicted octanol–water partition coefficient (Wildman–Crippen LogP) is 3.87. The van der Waals surface area contributed by atoms with Crippen LogP contribution in [0.25, 0.3) is 0 Å². The van der Waals surface area contributed by atoms with E-state index in [1.165, 1.54) is 18.2 Å². The van der Waals surface area contributed by atoms with E-state index in [1.807, 2.05) is 0 Å². The van der Waals surface area contributed by atoms with E-state index in [9.17, 15) is 19.7 Å². The largest absolute Gasteiger partial charge is 0.462 e. The second-order valence-electron chi connectivity index (χ2n) is 6.10. The molecule has 28 heavy (non-hydrogen) atoms. The number of nitro benzene ring substituents is 1. The number of carbonyl (C=O) groups is 2. The minimum Gasteiger partial charge on any atom is -0.462 e. The maximum atomic E-state index is 12.3. The molecule has 10 heteroatoms. The standard InChI is InChI=1S/C18H20ClN3O5S/c1-4-27-18(24)17-11(2)7-16(28-17)20-15(23)10-21(3)9-12-8-13(22(25)26)5-6-14(12)19/h5-8H,4,9-10H2,1-3H3,(H,20,23). The number of benzene rings is 1. The van der Waals surface area contributed by atoms with Gasteiger partial charge in [-0.25, -0.2) is 4.79 Å². The number of aryl methyl sites for hydroxylation is 1. The number of hydrogen-bond donors (Lipinski definition) is 1. The second kappa shape index (κ2) is 9.63. The van der Waals surface area contributed by atoms with Crippen molar-refractivity contribution >= 4 is 45.5 Å². The molecule has 0 radical (unpaired) electrons. The average Bonchev–Trinajstić information content (AvgIpc) is 2.96. The lowest BCUT2D eigenvalue weighted by atomic mass is 10.2. The second-order valence-corrected chi connectivity index (χ2v) is 7.56. The van der Waals surface area contributed by atoms with Crippen LogP contribution in [-0.4, -0.2) is 41.9 Å². The summed E-state index contributed by atoms with van der Waals surface area (Å²) in [7, 11) is 1.71. The Labute approximate surface area is 171 Å². The lowest BCUT2D eigenvalue weighted by Crippen LogP contribution is -2.29. The average molecular weight is 426 g/mol. The molecule has 2 rings (SSSR count). The highest BCUT2D eigenvalue weighted by Gasteiger charge is 2.17. The number of amides is 1. The minimum atomic E-state index is -0.493.